The van der Waals surface area contributed by atoms with Gasteiger partial charge < -0.3 is 4.52 Å². The molecule has 0 saturated carbocycles. The molecule has 0 N–H and O–H groups in total. The fraction of sp³-hybridized carbons (Fsp3) is 0.167. The van der Waals surface area contributed by atoms with E-state index >= 15 is 0 Å². The lowest BCUT2D eigenvalue weighted by Gasteiger charge is -2.04. The van der Waals surface area contributed by atoms with E-state index < -0.39 is 0 Å². The van der Waals surface area contributed by atoms with Gasteiger partial charge in [-0.15, -0.1) is 5.10 Å². The van der Waals surface area contributed by atoms with Gasteiger partial charge in [-0.25, -0.2) is 0 Å². The molecule has 3 heterocycles. The minimum absolute atomic E-state index is 0.422. The third-order valence-corrected chi connectivity index (χ3v) is 3.84. The second-order valence-electron chi connectivity index (χ2n) is 5.80. The molecule has 6 heteroatoms. The topological polar surface area (TPSA) is 77.6 Å². The van der Waals surface area contributed by atoms with E-state index in [0.29, 0.717) is 17.4 Å². The van der Waals surface area contributed by atoms with Crippen molar-refractivity contribution >= 4 is 10.9 Å². The lowest BCUT2D eigenvalue weighted by molar-refractivity contribution is 0.432. The molecule has 4 rings (SSSR count). The lowest BCUT2D eigenvalue weighted by atomic mass is 10.1. The van der Waals surface area contributed by atoms with Gasteiger partial charge >= 0.3 is 0 Å². The fourth-order valence-corrected chi connectivity index (χ4v) is 2.67. The average Bonchev–Trinajstić information content (AvgIpc) is 3.05. The van der Waals surface area contributed by atoms with E-state index in [9.17, 15) is 0 Å². The van der Waals surface area contributed by atoms with Crippen LogP contribution < -0.4 is 0 Å². The van der Waals surface area contributed by atoms with Crippen molar-refractivity contribution in [3.63, 3.8) is 0 Å². The first-order valence-electron chi connectivity index (χ1n) is 7.63. The normalized spacial score (nSPS) is 11.1. The zero-order valence-corrected chi connectivity index (χ0v) is 13.6. The molecule has 118 valence electrons. The minimum atomic E-state index is 0.422. The van der Waals surface area contributed by atoms with Gasteiger partial charge in [0.05, 0.1) is 11.2 Å². The molecule has 0 radical (unpaired) electrons. The van der Waals surface area contributed by atoms with Crippen LogP contribution in [0.5, 0.6) is 0 Å². The average molecular weight is 317 g/mol. The lowest BCUT2D eigenvalue weighted by Crippen LogP contribution is -1.91. The first-order valence-corrected chi connectivity index (χ1v) is 7.63. The monoisotopic (exact) mass is 317 g/mol. The van der Waals surface area contributed by atoms with Crippen molar-refractivity contribution < 1.29 is 4.52 Å². The predicted molar refractivity (Wildman–Crippen MR) is 90.3 cm³/mol. The van der Waals surface area contributed by atoms with Crippen LogP contribution in [0, 0.1) is 20.8 Å². The van der Waals surface area contributed by atoms with Gasteiger partial charge in [0, 0.05) is 16.6 Å². The van der Waals surface area contributed by atoms with Crippen LogP contribution in [0.1, 0.15) is 17.0 Å². The highest BCUT2D eigenvalue weighted by Gasteiger charge is 2.13. The summed E-state index contributed by atoms with van der Waals surface area (Å²) in [4.78, 5) is 9.01. The number of nitrogens with zero attached hydrogens (tertiary/aromatic N) is 5. The molecule has 24 heavy (non-hydrogen) atoms. The molecule has 0 spiro atoms. The first kappa shape index (κ1) is 14.4. The molecule has 1 aromatic carbocycles. The Bertz CT molecular complexity index is 1040. The SMILES string of the molecule is Cc1ccc(-c2noc(-c3ccc4c(C)cc(C)nc4c3)n2)nn1. The van der Waals surface area contributed by atoms with Crippen molar-refractivity contribution in [3.8, 4) is 23.0 Å². The molecular formula is C18H15N5O. The van der Waals surface area contributed by atoms with Crippen LogP contribution in [-0.2, 0) is 0 Å². The van der Waals surface area contributed by atoms with Crippen molar-refractivity contribution in [2.45, 2.75) is 20.8 Å². The highest BCUT2D eigenvalue weighted by atomic mass is 16.5. The summed E-state index contributed by atoms with van der Waals surface area (Å²) in [6, 6.07) is 11.7. The van der Waals surface area contributed by atoms with Crippen molar-refractivity contribution in [3.05, 3.63) is 53.3 Å². The Kier molecular flexibility index (Phi) is 3.30. The van der Waals surface area contributed by atoms with Crippen molar-refractivity contribution in [2.75, 3.05) is 0 Å². The molecule has 0 fully saturated rings. The van der Waals surface area contributed by atoms with Crippen LogP contribution in [0.3, 0.4) is 0 Å². The molecule has 0 saturated heterocycles. The van der Waals surface area contributed by atoms with Gasteiger partial charge in [-0.1, -0.05) is 11.2 Å². The van der Waals surface area contributed by atoms with Gasteiger partial charge in [0.25, 0.3) is 5.89 Å². The maximum Gasteiger partial charge on any atom is 0.258 e. The second kappa shape index (κ2) is 5.49. The molecule has 3 aromatic heterocycles. The molecule has 6 nitrogen and oxygen atoms in total. The molecule has 0 atom stereocenters. The van der Waals surface area contributed by atoms with E-state index in [0.717, 1.165) is 27.9 Å². The summed E-state index contributed by atoms with van der Waals surface area (Å²) in [6.07, 6.45) is 0. The first-order chi connectivity index (χ1) is 11.6. The number of hydrogen-bond acceptors (Lipinski definition) is 6. The van der Waals surface area contributed by atoms with Gasteiger partial charge in [0.2, 0.25) is 5.82 Å². The maximum atomic E-state index is 5.39. The van der Waals surface area contributed by atoms with Gasteiger partial charge in [0.1, 0.15) is 5.69 Å². The fourth-order valence-electron chi connectivity index (χ4n) is 2.67. The molecule has 0 aliphatic carbocycles. The number of aryl methyl sites for hydroxylation is 3. The van der Waals surface area contributed by atoms with Crippen molar-refractivity contribution in [1.29, 1.82) is 0 Å². The van der Waals surface area contributed by atoms with Crippen LogP contribution in [-0.4, -0.2) is 25.3 Å². The van der Waals surface area contributed by atoms with E-state index in [1.165, 1.54) is 5.56 Å². The highest BCUT2D eigenvalue weighted by Crippen LogP contribution is 2.26. The summed E-state index contributed by atoms with van der Waals surface area (Å²) in [7, 11) is 0. The summed E-state index contributed by atoms with van der Waals surface area (Å²) in [6.45, 7) is 5.95. The zero-order valence-electron chi connectivity index (χ0n) is 13.6. The summed E-state index contributed by atoms with van der Waals surface area (Å²) in [5, 5.41) is 13.2. The largest absolute Gasteiger partial charge is 0.334 e. The van der Waals surface area contributed by atoms with Gasteiger partial charge in [-0.2, -0.15) is 10.1 Å². The Hall–Kier alpha value is -3.15. The second-order valence-corrected chi connectivity index (χ2v) is 5.80. The van der Waals surface area contributed by atoms with Crippen LogP contribution >= 0.6 is 0 Å². The van der Waals surface area contributed by atoms with Crippen molar-refractivity contribution in [1.82, 2.24) is 25.3 Å². The Morgan fingerprint density at radius 2 is 1.71 bits per heavy atom. The third-order valence-electron chi connectivity index (χ3n) is 3.84. The quantitative estimate of drug-likeness (QED) is 0.561. The zero-order chi connectivity index (χ0) is 16.7. The number of pyridine rings is 1. The van der Waals surface area contributed by atoms with Crippen molar-refractivity contribution in [2.24, 2.45) is 0 Å². The van der Waals surface area contributed by atoms with Crippen LogP contribution in [0.15, 0.2) is 40.9 Å². The number of benzene rings is 1. The molecule has 0 aliphatic rings. The van der Waals surface area contributed by atoms with Crippen LogP contribution in [0.25, 0.3) is 33.9 Å². The molecule has 4 aromatic rings. The number of aromatic nitrogens is 5. The van der Waals surface area contributed by atoms with E-state index in [4.69, 9.17) is 4.52 Å². The van der Waals surface area contributed by atoms with E-state index in [-0.39, 0.29) is 0 Å². The standard InChI is InChI=1S/C18H15N5O/c1-10-8-12(3)19-16-9-13(5-6-14(10)16)18-20-17(23-24-18)15-7-4-11(2)21-22-15/h4-9H,1-3H3. The van der Waals surface area contributed by atoms with Gasteiger partial charge in [-0.3, -0.25) is 4.98 Å². The molecule has 0 aliphatic heterocycles. The third kappa shape index (κ3) is 2.52. The minimum Gasteiger partial charge on any atom is -0.334 e. The smallest absolute Gasteiger partial charge is 0.258 e. The summed E-state index contributed by atoms with van der Waals surface area (Å²) in [5.74, 6) is 0.862. The number of fused-ring (bicyclic) bond motifs is 1. The van der Waals surface area contributed by atoms with E-state index in [1.54, 1.807) is 0 Å². The molecular weight excluding hydrogens is 302 g/mol. The number of rotatable bonds is 2. The Balaban J connectivity index is 1.76. The van der Waals surface area contributed by atoms with Crippen LogP contribution in [0.4, 0.5) is 0 Å². The summed E-state index contributed by atoms with van der Waals surface area (Å²) < 4.78 is 5.39. The Morgan fingerprint density at radius 1 is 0.833 bits per heavy atom. The predicted octanol–water partition coefficient (Wildman–Crippen LogP) is 3.67. The molecule has 0 bridgehead atoms. The summed E-state index contributed by atoms with van der Waals surface area (Å²) in [5.41, 5.74) is 5.36. The Morgan fingerprint density at radius 3 is 2.50 bits per heavy atom. The van der Waals surface area contributed by atoms with Gasteiger partial charge in [-0.05, 0) is 56.7 Å². The van der Waals surface area contributed by atoms with E-state index in [1.807, 2.05) is 44.2 Å². The molecule has 0 amide bonds. The maximum absolute atomic E-state index is 5.39. The highest BCUT2D eigenvalue weighted by molar-refractivity contribution is 5.85. The van der Waals surface area contributed by atoms with E-state index in [2.05, 4.69) is 38.3 Å². The molecule has 0 unspecified atom stereocenters. The van der Waals surface area contributed by atoms with Crippen LogP contribution in [0.2, 0.25) is 0 Å². The van der Waals surface area contributed by atoms with Gasteiger partial charge in [0.15, 0.2) is 0 Å². The summed E-state index contributed by atoms with van der Waals surface area (Å²) >= 11 is 0. The Labute approximate surface area is 138 Å². The number of hydrogen-bond donors (Lipinski definition) is 0.